The average Bonchev–Trinajstić information content (AvgIpc) is 3.63. The molecule has 0 saturated carbocycles. The monoisotopic (exact) mass is 657 g/mol. The number of aryl methyl sites for hydroxylation is 2. The van der Waals surface area contributed by atoms with Crippen molar-refractivity contribution < 1.29 is 4.74 Å². The van der Waals surface area contributed by atoms with Crippen molar-refractivity contribution in [3.8, 4) is 28.8 Å². The molecule has 0 aliphatic rings. The molecule has 8 nitrogen and oxygen atoms in total. The van der Waals surface area contributed by atoms with Gasteiger partial charge in [0.1, 0.15) is 37.8 Å². The Balaban J connectivity index is 0.000000173. The van der Waals surface area contributed by atoms with E-state index in [-0.39, 0.29) is 0 Å². The summed E-state index contributed by atoms with van der Waals surface area (Å²) >= 11 is 15.6. The zero-order chi connectivity index (χ0) is 30.6. The number of aromatic nitrogens is 6. The molecule has 1 aromatic carbocycles. The summed E-state index contributed by atoms with van der Waals surface area (Å²) in [6, 6.07) is 17.1. The van der Waals surface area contributed by atoms with Gasteiger partial charge in [-0.15, -0.1) is 22.7 Å². The van der Waals surface area contributed by atoms with Crippen molar-refractivity contribution in [2.24, 2.45) is 0 Å². The Labute approximate surface area is 271 Å². The summed E-state index contributed by atoms with van der Waals surface area (Å²) in [5.41, 5.74) is 4.79. The van der Waals surface area contributed by atoms with Crippen LogP contribution < -0.4 is 10.1 Å². The lowest BCUT2D eigenvalue weighted by atomic mass is 10.2. The van der Waals surface area contributed by atoms with Gasteiger partial charge in [0.15, 0.2) is 11.6 Å². The van der Waals surface area contributed by atoms with Gasteiger partial charge < -0.3 is 10.1 Å². The number of rotatable bonds is 6. The van der Waals surface area contributed by atoms with E-state index in [1.54, 1.807) is 42.2 Å². The third-order valence-corrected chi connectivity index (χ3v) is 9.20. The number of ether oxygens (including phenoxy) is 1. The maximum absolute atomic E-state index is 6.23. The Morgan fingerprint density at radius 3 is 1.95 bits per heavy atom. The topological polar surface area (TPSA) is 98.6 Å². The van der Waals surface area contributed by atoms with Crippen molar-refractivity contribution in [3.63, 3.8) is 0 Å². The van der Waals surface area contributed by atoms with Gasteiger partial charge in [-0.25, -0.2) is 19.9 Å². The SMILES string of the molecule is COc1ccc(CNc2nc(-c3ccccn3)nc3scc(C)c23)cc1Cl.Cc1csc2nc(-c3ccccn3)nc(Cl)c12. The summed E-state index contributed by atoms with van der Waals surface area (Å²) in [4.78, 5) is 28.7. The van der Waals surface area contributed by atoms with Gasteiger partial charge in [0, 0.05) is 18.9 Å². The van der Waals surface area contributed by atoms with Crippen LogP contribution in [0.15, 0.2) is 77.8 Å². The van der Waals surface area contributed by atoms with Crippen LogP contribution >= 0.6 is 45.9 Å². The number of methoxy groups -OCH3 is 1. The minimum Gasteiger partial charge on any atom is -0.495 e. The number of nitrogens with zero attached hydrogens (tertiary/aromatic N) is 6. The predicted molar refractivity (Wildman–Crippen MR) is 181 cm³/mol. The van der Waals surface area contributed by atoms with Gasteiger partial charge in [-0.1, -0.05) is 41.4 Å². The van der Waals surface area contributed by atoms with Crippen LogP contribution in [0.1, 0.15) is 16.7 Å². The molecule has 0 unspecified atom stereocenters. The molecule has 0 amide bonds. The fraction of sp³-hybridized carbons (Fsp3) is 0.125. The van der Waals surface area contributed by atoms with E-state index in [9.17, 15) is 0 Å². The fourth-order valence-electron chi connectivity index (χ4n) is 4.47. The Morgan fingerprint density at radius 1 is 0.750 bits per heavy atom. The van der Waals surface area contributed by atoms with E-state index in [2.05, 4.69) is 42.5 Å². The van der Waals surface area contributed by atoms with Gasteiger partial charge in [0.25, 0.3) is 0 Å². The van der Waals surface area contributed by atoms with Gasteiger partial charge >= 0.3 is 0 Å². The first-order valence-corrected chi connectivity index (χ1v) is 16.0. The number of thiophene rings is 2. The van der Waals surface area contributed by atoms with Crippen molar-refractivity contribution in [1.82, 2.24) is 29.9 Å². The average molecular weight is 659 g/mol. The van der Waals surface area contributed by atoms with Crippen molar-refractivity contribution >= 4 is 72.1 Å². The number of halogens is 2. The second-order valence-electron chi connectivity index (χ2n) is 9.68. The van der Waals surface area contributed by atoms with E-state index < -0.39 is 0 Å². The van der Waals surface area contributed by atoms with Crippen molar-refractivity contribution in [2.75, 3.05) is 12.4 Å². The largest absolute Gasteiger partial charge is 0.495 e. The third kappa shape index (κ3) is 6.34. The van der Waals surface area contributed by atoms with E-state index in [0.717, 1.165) is 54.3 Å². The lowest BCUT2D eigenvalue weighted by Crippen LogP contribution is -2.04. The number of benzene rings is 1. The maximum Gasteiger partial charge on any atom is 0.181 e. The highest BCUT2D eigenvalue weighted by atomic mass is 35.5. The lowest BCUT2D eigenvalue weighted by Gasteiger charge is -2.11. The van der Waals surface area contributed by atoms with Crippen LogP contribution in [0.3, 0.4) is 0 Å². The van der Waals surface area contributed by atoms with Crippen molar-refractivity contribution in [1.29, 1.82) is 0 Å². The molecule has 220 valence electrons. The zero-order valence-corrected chi connectivity index (χ0v) is 27.0. The highest BCUT2D eigenvalue weighted by molar-refractivity contribution is 7.17. The molecule has 0 fully saturated rings. The van der Waals surface area contributed by atoms with Gasteiger partial charge in [0.2, 0.25) is 0 Å². The normalized spacial score (nSPS) is 10.9. The molecule has 6 heterocycles. The second kappa shape index (κ2) is 13.2. The van der Waals surface area contributed by atoms with Crippen LogP contribution in [0.5, 0.6) is 5.75 Å². The van der Waals surface area contributed by atoms with Crippen LogP contribution in [0, 0.1) is 13.8 Å². The summed E-state index contributed by atoms with van der Waals surface area (Å²) in [6.07, 6.45) is 3.46. The Bertz CT molecular complexity index is 2070. The smallest absolute Gasteiger partial charge is 0.181 e. The molecule has 6 aromatic heterocycles. The number of anilines is 1. The Hall–Kier alpha value is -4.22. The highest BCUT2D eigenvalue weighted by Gasteiger charge is 2.14. The Kier molecular flexibility index (Phi) is 8.94. The lowest BCUT2D eigenvalue weighted by molar-refractivity contribution is 0.415. The minimum atomic E-state index is 0.495. The molecule has 0 atom stereocenters. The van der Waals surface area contributed by atoms with Gasteiger partial charge in [-0.2, -0.15) is 0 Å². The molecule has 0 saturated heterocycles. The van der Waals surface area contributed by atoms with Gasteiger partial charge in [-0.3, -0.25) is 9.97 Å². The van der Waals surface area contributed by atoms with Gasteiger partial charge in [0.05, 0.1) is 22.9 Å². The first-order valence-electron chi connectivity index (χ1n) is 13.5. The predicted octanol–water partition coefficient (Wildman–Crippen LogP) is 9.05. The van der Waals surface area contributed by atoms with E-state index in [1.807, 2.05) is 66.9 Å². The van der Waals surface area contributed by atoms with Crippen LogP contribution in [-0.2, 0) is 6.54 Å². The number of hydrogen-bond acceptors (Lipinski definition) is 10. The standard InChI is InChI=1S/C20H17ClN4OS.C12H8ClN3S/c1-12-11-27-20-17(12)19(24-18(25-20)15-5-3-4-8-22-15)23-10-13-6-7-16(26-2)14(21)9-13;1-7-6-17-12-9(7)10(13)15-11(16-12)8-4-2-3-5-14-8/h3-9,11H,10H2,1-2H3,(H,23,24,25);2-6H,1H3. The Morgan fingerprint density at radius 2 is 1.36 bits per heavy atom. The molecule has 0 radical (unpaired) electrons. The summed E-state index contributed by atoms with van der Waals surface area (Å²) in [5, 5.41) is 10.6. The molecule has 0 aliphatic heterocycles. The van der Waals surface area contributed by atoms with Crippen molar-refractivity contribution in [3.05, 3.63) is 105 Å². The number of fused-ring (bicyclic) bond motifs is 2. The molecule has 0 spiro atoms. The van der Waals surface area contributed by atoms with Gasteiger partial charge in [-0.05, 0) is 77.7 Å². The van der Waals surface area contributed by atoms with E-state index >= 15 is 0 Å². The molecule has 7 aromatic rings. The van der Waals surface area contributed by atoms with E-state index in [1.165, 1.54) is 0 Å². The quantitative estimate of drug-likeness (QED) is 0.177. The molecule has 44 heavy (non-hydrogen) atoms. The molecule has 0 aliphatic carbocycles. The summed E-state index contributed by atoms with van der Waals surface area (Å²) in [6.45, 7) is 4.67. The fourth-order valence-corrected chi connectivity index (χ4v) is 6.97. The second-order valence-corrected chi connectivity index (χ2v) is 12.2. The van der Waals surface area contributed by atoms with E-state index in [0.29, 0.717) is 34.1 Å². The summed E-state index contributed by atoms with van der Waals surface area (Å²) in [5.74, 6) is 2.65. The zero-order valence-electron chi connectivity index (χ0n) is 23.9. The maximum atomic E-state index is 6.23. The molecule has 1 N–H and O–H groups in total. The number of nitrogens with one attached hydrogen (secondary N) is 1. The molecule has 7 rings (SSSR count). The molecule has 0 bridgehead atoms. The van der Waals surface area contributed by atoms with E-state index in [4.69, 9.17) is 32.9 Å². The summed E-state index contributed by atoms with van der Waals surface area (Å²) < 4.78 is 5.21. The number of pyridine rings is 2. The molecular formula is C32H25Cl2N7OS2. The first kappa shape index (κ1) is 29.8. The van der Waals surface area contributed by atoms with Crippen LogP contribution in [0.25, 0.3) is 43.5 Å². The molecule has 12 heteroatoms. The highest BCUT2D eigenvalue weighted by Crippen LogP contribution is 2.33. The minimum absolute atomic E-state index is 0.495. The van der Waals surface area contributed by atoms with Crippen LogP contribution in [-0.4, -0.2) is 37.0 Å². The number of hydrogen-bond donors (Lipinski definition) is 1. The van der Waals surface area contributed by atoms with Crippen LogP contribution in [0.2, 0.25) is 10.2 Å². The van der Waals surface area contributed by atoms with Crippen LogP contribution in [0.4, 0.5) is 5.82 Å². The third-order valence-electron chi connectivity index (χ3n) is 6.65. The van der Waals surface area contributed by atoms with Crippen molar-refractivity contribution in [2.45, 2.75) is 20.4 Å². The first-order chi connectivity index (χ1) is 21.4. The summed E-state index contributed by atoms with van der Waals surface area (Å²) in [7, 11) is 1.61. The molecular weight excluding hydrogens is 633 g/mol.